The van der Waals surface area contributed by atoms with E-state index in [-0.39, 0.29) is 6.61 Å². The van der Waals surface area contributed by atoms with E-state index in [9.17, 15) is 13.6 Å². The highest BCUT2D eigenvalue weighted by Gasteiger charge is 2.43. The Kier molecular flexibility index (Phi) is 5.11. The van der Waals surface area contributed by atoms with Crippen LogP contribution in [0, 0.1) is 0 Å². The lowest BCUT2D eigenvalue weighted by Crippen LogP contribution is -2.15. The van der Waals surface area contributed by atoms with Gasteiger partial charge in [-0.15, -0.1) is 8.78 Å². The van der Waals surface area contributed by atoms with Crippen molar-refractivity contribution in [1.29, 1.82) is 0 Å². The molecule has 1 unspecified atom stereocenters. The predicted molar refractivity (Wildman–Crippen MR) is 86.6 cm³/mol. The zero-order valence-corrected chi connectivity index (χ0v) is 13.7. The smallest absolute Gasteiger partial charge is 0.423 e. The number of rotatable bonds is 5. The van der Waals surface area contributed by atoms with E-state index in [4.69, 9.17) is 4.74 Å². The Labute approximate surface area is 144 Å². The molecule has 1 atom stereocenters. The normalized spacial score (nSPS) is 18.9. The third kappa shape index (κ3) is 4.41. The molecule has 6 heteroatoms. The van der Waals surface area contributed by atoms with Gasteiger partial charge in [0.15, 0.2) is 0 Å². The van der Waals surface area contributed by atoms with Crippen LogP contribution in [0.3, 0.4) is 0 Å². The quantitative estimate of drug-likeness (QED) is 0.590. The van der Waals surface area contributed by atoms with Gasteiger partial charge in [0.25, 0.3) is 0 Å². The van der Waals surface area contributed by atoms with Crippen molar-refractivity contribution >= 4 is 5.97 Å². The van der Waals surface area contributed by atoms with Crippen molar-refractivity contribution in [3.05, 3.63) is 65.2 Å². The maximum absolute atomic E-state index is 12.9. The Morgan fingerprint density at radius 3 is 2.40 bits per heavy atom. The predicted octanol–water partition coefficient (Wildman–Crippen LogP) is 4.50. The summed E-state index contributed by atoms with van der Waals surface area (Å²) in [5, 5.41) is 0. The van der Waals surface area contributed by atoms with Crippen molar-refractivity contribution in [3.63, 3.8) is 0 Å². The van der Waals surface area contributed by atoms with E-state index in [2.05, 4.69) is 16.4 Å². The van der Waals surface area contributed by atoms with Crippen LogP contribution in [0.15, 0.2) is 48.5 Å². The van der Waals surface area contributed by atoms with Gasteiger partial charge in [0.1, 0.15) is 11.9 Å². The van der Waals surface area contributed by atoms with Gasteiger partial charge in [-0.2, -0.15) is 0 Å². The summed E-state index contributed by atoms with van der Waals surface area (Å²) < 4.78 is 39.8. The van der Waals surface area contributed by atoms with E-state index in [1.54, 1.807) is 36.4 Å². The molecule has 0 spiro atoms. The number of aryl methyl sites for hydroxylation is 1. The minimum absolute atomic E-state index is 0.226. The van der Waals surface area contributed by atoms with Gasteiger partial charge in [-0.1, -0.05) is 37.6 Å². The van der Waals surface area contributed by atoms with Gasteiger partial charge in [-0.05, 0) is 41.8 Å². The lowest BCUT2D eigenvalue weighted by atomic mass is 10.1. The molecule has 1 saturated heterocycles. The molecule has 25 heavy (non-hydrogen) atoms. The number of benzene rings is 2. The Bertz CT molecular complexity index is 726. The van der Waals surface area contributed by atoms with Gasteiger partial charge in [-0.25, -0.2) is 4.79 Å². The van der Waals surface area contributed by atoms with Crippen molar-refractivity contribution in [2.45, 2.75) is 32.2 Å². The molecule has 3 rings (SSSR count). The number of esters is 1. The highest BCUT2D eigenvalue weighted by Crippen LogP contribution is 2.35. The Morgan fingerprint density at radius 1 is 1.16 bits per heavy atom. The molecular weight excluding hydrogens is 330 g/mol. The molecule has 1 heterocycles. The van der Waals surface area contributed by atoms with Crippen LogP contribution in [-0.4, -0.2) is 18.9 Å². The summed E-state index contributed by atoms with van der Waals surface area (Å²) in [6, 6.07) is 13.5. The minimum atomic E-state index is -3.56. The second-order valence-electron chi connectivity index (χ2n) is 5.79. The van der Waals surface area contributed by atoms with Crippen LogP contribution >= 0.6 is 0 Å². The van der Waals surface area contributed by atoms with Gasteiger partial charge in [0.2, 0.25) is 0 Å². The molecule has 0 radical (unpaired) electrons. The SMILES string of the molecule is CCCc1ccc(C(=O)Oc2ccc(C3COC(F)(F)O3)cc2)cc1. The second-order valence-corrected chi connectivity index (χ2v) is 5.79. The highest BCUT2D eigenvalue weighted by atomic mass is 19.3. The van der Waals surface area contributed by atoms with Gasteiger partial charge >= 0.3 is 12.3 Å². The molecule has 0 bridgehead atoms. The van der Waals surface area contributed by atoms with E-state index in [1.165, 1.54) is 5.56 Å². The average molecular weight is 348 g/mol. The third-order valence-electron chi connectivity index (χ3n) is 3.87. The molecule has 0 amide bonds. The number of carbonyl (C=O) groups excluding carboxylic acids is 1. The lowest BCUT2D eigenvalue weighted by molar-refractivity contribution is -0.347. The van der Waals surface area contributed by atoms with Gasteiger partial charge in [-0.3, -0.25) is 9.47 Å². The Morgan fingerprint density at radius 2 is 1.84 bits per heavy atom. The van der Waals surface area contributed by atoms with E-state index < -0.39 is 18.4 Å². The van der Waals surface area contributed by atoms with Gasteiger partial charge in [0.05, 0.1) is 12.2 Å². The van der Waals surface area contributed by atoms with Crippen LogP contribution < -0.4 is 4.74 Å². The number of carbonyl (C=O) groups is 1. The topological polar surface area (TPSA) is 44.8 Å². The van der Waals surface area contributed by atoms with Crippen LogP contribution in [0.25, 0.3) is 0 Å². The van der Waals surface area contributed by atoms with E-state index in [1.807, 2.05) is 12.1 Å². The first-order valence-corrected chi connectivity index (χ1v) is 8.07. The first kappa shape index (κ1) is 17.5. The molecule has 1 aliphatic rings. The first-order valence-electron chi connectivity index (χ1n) is 8.07. The summed E-state index contributed by atoms with van der Waals surface area (Å²) in [5.41, 5.74) is 2.15. The number of hydrogen-bond donors (Lipinski definition) is 0. The fourth-order valence-corrected chi connectivity index (χ4v) is 2.58. The van der Waals surface area contributed by atoms with Crippen molar-refractivity contribution in [3.8, 4) is 5.75 Å². The summed E-state index contributed by atoms with van der Waals surface area (Å²) in [6.45, 7) is 1.87. The van der Waals surface area contributed by atoms with Crippen molar-refractivity contribution in [1.82, 2.24) is 0 Å². The number of ether oxygens (including phenoxy) is 3. The molecule has 1 aliphatic heterocycles. The number of hydrogen-bond acceptors (Lipinski definition) is 4. The highest BCUT2D eigenvalue weighted by molar-refractivity contribution is 5.91. The summed E-state index contributed by atoms with van der Waals surface area (Å²) >= 11 is 0. The second kappa shape index (κ2) is 7.29. The minimum Gasteiger partial charge on any atom is -0.423 e. The lowest BCUT2D eigenvalue weighted by Gasteiger charge is -2.10. The maximum atomic E-state index is 12.9. The Balaban J connectivity index is 1.62. The molecule has 0 saturated carbocycles. The molecule has 4 nitrogen and oxygen atoms in total. The molecule has 1 fully saturated rings. The van der Waals surface area contributed by atoms with Crippen LogP contribution in [0.5, 0.6) is 5.75 Å². The van der Waals surface area contributed by atoms with Crippen LogP contribution in [0.4, 0.5) is 8.78 Å². The maximum Gasteiger partial charge on any atom is 0.486 e. The summed E-state index contributed by atoms with van der Waals surface area (Å²) in [4.78, 5) is 12.1. The molecule has 2 aromatic rings. The zero-order chi connectivity index (χ0) is 17.9. The monoisotopic (exact) mass is 348 g/mol. The number of alkyl halides is 2. The van der Waals surface area contributed by atoms with Crippen LogP contribution in [0.1, 0.15) is 40.9 Å². The fourth-order valence-electron chi connectivity index (χ4n) is 2.58. The first-order chi connectivity index (χ1) is 12.0. The molecule has 0 N–H and O–H groups in total. The average Bonchev–Trinajstić information content (AvgIpc) is 2.96. The van der Waals surface area contributed by atoms with E-state index >= 15 is 0 Å². The van der Waals surface area contributed by atoms with E-state index in [0.29, 0.717) is 16.9 Å². The fraction of sp³-hybridized carbons (Fsp3) is 0.316. The van der Waals surface area contributed by atoms with Crippen molar-refractivity contribution in [2.75, 3.05) is 6.61 Å². The third-order valence-corrected chi connectivity index (χ3v) is 3.87. The standard InChI is InChI=1S/C19H18F2O4/c1-2-3-13-4-6-15(7-5-13)18(22)24-16-10-8-14(9-11-16)17-12-23-19(20,21)25-17/h4-11,17H,2-3,12H2,1H3. The van der Waals surface area contributed by atoms with Crippen molar-refractivity contribution in [2.24, 2.45) is 0 Å². The summed E-state index contributed by atoms with van der Waals surface area (Å²) in [6.07, 6.45) is -2.40. The summed E-state index contributed by atoms with van der Waals surface area (Å²) in [5.74, 6) is -0.139. The van der Waals surface area contributed by atoms with Crippen molar-refractivity contribution < 1.29 is 27.8 Å². The molecule has 132 valence electrons. The molecule has 0 aromatic heterocycles. The molecule has 0 aliphatic carbocycles. The Hall–Kier alpha value is -2.31. The number of halogens is 2. The molecular formula is C19H18F2O4. The van der Waals surface area contributed by atoms with Gasteiger partial charge in [0, 0.05) is 0 Å². The van der Waals surface area contributed by atoms with Crippen LogP contribution in [0.2, 0.25) is 0 Å². The molecule has 2 aromatic carbocycles. The largest absolute Gasteiger partial charge is 0.486 e. The van der Waals surface area contributed by atoms with E-state index in [0.717, 1.165) is 12.8 Å². The summed E-state index contributed by atoms with van der Waals surface area (Å²) in [7, 11) is 0. The zero-order valence-electron chi connectivity index (χ0n) is 13.7. The van der Waals surface area contributed by atoms with Crippen LogP contribution in [-0.2, 0) is 15.9 Å². The van der Waals surface area contributed by atoms with Gasteiger partial charge < -0.3 is 4.74 Å².